The molecule has 2 saturated heterocycles. The van der Waals surface area contributed by atoms with Crippen LogP contribution in [0.1, 0.15) is 50.7 Å². The smallest absolute Gasteiger partial charge is 0.194 e. The molecule has 1 aromatic carbocycles. The van der Waals surface area contributed by atoms with Gasteiger partial charge in [0.1, 0.15) is 6.10 Å². The van der Waals surface area contributed by atoms with Gasteiger partial charge in [0.05, 0.1) is 25.4 Å². The van der Waals surface area contributed by atoms with Crippen molar-refractivity contribution in [3.63, 3.8) is 0 Å². The summed E-state index contributed by atoms with van der Waals surface area (Å²) >= 11 is 0. The molecule has 2 aliphatic heterocycles. The van der Waals surface area contributed by atoms with Gasteiger partial charge < -0.3 is 24.4 Å². The van der Waals surface area contributed by atoms with E-state index in [1.54, 1.807) is 7.11 Å². The van der Waals surface area contributed by atoms with E-state index in [9.17, 15) is 0 Å². The van der Waals surface area contributed by atoms with Crippen LogP contribution in [0.15, 0.2) is 35.3 Å². The molecule has 1 N–H and O–H groups in total. The van der Waals surface area contributed by atoms with Gasteiger partial charge in [0.2, 0.25) is 0 Å². The Labute approximate surface area is 175 Å². The van der Waals surface area contributed by atoms with Crippen molar-refractivity contribution in [3.05, 3.63) is 35.9 Å². The molecule has 3 rings (SSSR count). The lowest BCUT2D eigenvalue weighted by molar-refractivity contribution is -0.0721. The Balaban J connectivity index is 1.48. The molecule has 2 unspecified atom stereocenters. The van der Waals surface area contributed by atoms with Crippen molar-refractivity contribution in [2.75, 3.05) is 46.5 Å². The third kappa shape index (κ3) is 6.98. The highest BCUT2D eigenvalue weighted by Gasteiger charge is 2.24. The predicted octanol–water partition coefficient (Wildman–Crippen LogP) is 3.39. The summed E-state index contributed by atoms with van der Waals surface area (Å²) in [6, 6.07) is 10.3. The molecule has 0 radical (unpaired) electrons. The minimum atomic E-state index is -0.0266. The van der Waals surface area contributed by atoms with E-state index in [1.165, 1.54) is 12.8 Å². The number of nitrogens with zero attached hydrogens (tertiary/aromatic N) is 2. The van der Waals surface area contributed by atoms with Crippen LogP contribution < -0.4 is 5.32 Å². The number of nitrogens with one attached hydrogen (secondary N) is 1. The van der Waals surface area contributed by atoms with E-state index < -0.39 is 0 Å². The summed E-state index contributed by atoms with van der Waals surface area (Å²) in [5, 5.41) is 3.44. The van der Waals surface area contributed by atoms with E-state index in [2.05, 4.69) is 29.3 Å². The Hall–Kier alpha value is -1.63. The Morgan fingerprint density at radius 2 is 2.00 bits per heavy atom. The van der Waals surface area contributed by atoms with Gasteiger partial charge in [-0.1, -0.05) is 30.3 Å². The van der Waals surface area contributed by atoms with Crippen LogP contribution in [0.5, 0.6) is 0 Å². The number of aliphatic imine (C=N–C) groups is 1. The van der Waals surface area contributed by atoms with Crippen molar-refractivity contribution in [2.45, 2.75) is 57.3 Å². The molecule has 0 saturated carbocycles. The average Bonchev–Trinajstić information content (AvgIpc) is 2.79. The zero-order valence-electron chi connectivity index (χ0n) is 18.0. The lowest BCUT2D eigenvalue weighted by Gasteiger charge is -2.35. The molecule has 29 heavy (non-hydrogen) atoms. The van der Waals surface area contributed by atoms with Crippen LogP contribution in [-0.2, 0) is 14.2 Å². The largest absolute Gasteiger partial charge is 0.376 e. The fourth-order valence-corrected chi connectivity index (χ4v) is 4.00. The average molecular weight is 404 g/mol. The Morgan fingerprint density at radius 3 is 2.66 bits per heavy atom. The molecule has 1 aromatic rings. The Morgan fingerprint density at radius 1 is 1.21 bits per heavy atom. The third-order valence-corrected chi connectivity index (χ3v) is 5.73. The normalized spacial score (nSPS) is 22.5. The molecule has 0 amide bonds. The number of piperidine rings is 1. The number of likely N-dealkylation sites (tertiary alicyclic amines) is 1. The second-order valence-corrected chi connectivity index (χ2v) is 7.84. The first kappa shape index (κ1) is 22.1. The van der Waals surface area contributed by atoms with Crippen molar-refractivity contribution in [3.8, 4) is 0 Å². The van der Waals surface area contributed by atoms with Crippen LogP contribution >= 0.6 is 0 Å². The maximum absolute atomic E-state index is 6.15. The van der Waals surface area contributed by atoms with Crippen LogP contribution in [0.2, 0.25) is 0 Å². The van der Waals surface area contributed by atoms with Crippen LogP contribution in [0.25, 0.3) is 0 Å². The van der Waals surface area contributed by atoms with Crippen molar-refractivity contribution < 1.29 is 14.2 Å². The lowest BCUT2D eigenvalue weighted by atomic mass is 10.1. The van der Waals surface area contributed by atoms with Gasteiger partial charge in [-0.2, -0.15) is 0 Å². The SMILES string of the molecule is CCNC(=NCC(OC)c1ccccc1)N1CCC(OCC2CCCCO2)CC1. The molecule has 6 nitrogen and oxygen atoms in total. The summed E-state index contributed by atoms with van der Waals surface area (Å²) in [4.78, 5) is 7.22. The predicted molar refractivity (Wildman–Crippen MR) is 116 cm³/mol. The van der Waals surface area contributed by atoms with Crippen LogP contribution in [0.3, 0.4) is 0 Å². The van der Waals surface area contributed by atoms with Gasteiger partial charge in [0, 0.05) is 33.4 Å². The molecule has 2 fully saturated rings. The number of ether oxygens (including phenoxy) is 3. The lowest BCUT2D eigenvalue weighted by Crippen LogP contribution is -2.47. The minimum Gasteiger partial charge on any atom is -0.376 e. The van der Waals surface area contributed by atoms with Crippen molar-refractivity contribution >= 4 is 5.96 Å². The molecular formula is C23H37N3O3. The molecule has 0 bridgehead atoms. The van der Waals surface area contributed by atoms with Gasteiger partial charge in [-0.3, -0.25) is 4.99 Å². The molecule has 2 aliphatic rings. The summed E-state index contributed by atoms with van der Waals surface area (Å²) in [5.41, 5.74) is 1.16. The zero-order chi connectivity index (χ0) is 20.3. The van der Waals surface area contributed by atoms with Gasteiger partial charge in [-0.25, -0.2) is 0 Å². The molecule has 0 aliphatic carbocycles. The molecule has 162 valence electrons. The van der Waals surface area contributed by atoms with E-state index in [4.69, 9.17) is 19.2 Å². The van der Waals surface area contributed by atoms with E-state index in [-0.39, 0.29) is 6.10 Å². The van der Waals surface area contributed by atoms with Crippen molar-refractivity contribution in [1.29, 1.82) is 0 Å². The standard InChI is InChI=1S/C23H37N3O3/c1-3-24-23(25-17-22(27-2)19-9-5-4-6-10-19)26-14-12-20(13-15-26)29-18-21-11-7-8-16-28-21/h4-6,9-10,20-22H,3,7-8,11-18H2,1-2H3,(H,24,25). The molecule has 2 atom stereocenters. The summed E-state index contributed by atoms with van der Waals surface area (Å²) in [6.45, 7) is 7.14. The van der Waals surface area contributed by atoms with Crippen molar-refractivity contribution in [2.24, 2.45) is 4.99 Å². The van der Waals surface area contributed by atoms with Gasteiger partial charge in [0.25, 0.3) is 0 Å². The Kier molecular flexibility index (Phi) is 9.25. The fraction of sp³-hybridized carbons (Fsp3) is 0.696. The number of benzene rings is 1. The summed E-state index contributed by atoms with van der Waals surface area (Å²) in [6.07, 6.45) is 6.25. The summed E-state index contributed by atoms with van der Waals surface area (Å²) in [7, 11) is 1.75. The first-order valence-corrected chi connectivity index (χ1v) is 11.1. The van der Waals surface area contributed by atoms with Gasteiger partial charge >= 0.3 is 0 Å². The number of rotatable bonds is 8. The molecule has 0 spiro atoms. The second-order valence-electron chi connectivity index (χ2n) is 7.84. The molecule has 2 heterocycles. The number of hydrogen-bond acceptors (Lipinski definition) is 4. The van der Waals surface area contributed by atoms with Crippen LogP contribution in [0, 0.1) is 0 Å². The number of methoxy groups -OCH3 is 1. The minimum absolute atomic E-state index is 0.0266. The van der Waals surface area contributed by atoms with Gasteiger partial charge in [0.15, 0.2) is 5.96 Å². The summed E-state index contributed by atoms with van der Waals surface area (Å²) < 4.78 is 17.6. The highest BCUT2D eigenvalue weighted by molar-refractivity contribution is 5.80. The van der Waals surface area contributed by atoms with Crippen LogP contribution in [-0.4, -0.2) is 69.6 Å². The summed E-state index contributed by atoms with van der Waals surface area (Å²) in [5.74, 6) is 0.972. The first-order chi connectivity index (χ1) is 14.3. The van der Waals surface area contributed by atoms with E-state index >= 15 is 0 Å². The number of guanidine groups is 1. The van der Waals surface area contributed by atoms with Crippen molar-refractivity contribution in [1.82, 2.24) is 10.2 Å². The van der Waals surface area contributed by atoms with Gasteiger partial charge in [-0.05, 0) is 44.6 Å². The van der Waals surface area contributed by atoms with E-state index in [0.717, 1.165) is 63.6 Å². The molecule has 0 aromatic heterocycles. The third-order valence-electron chi connectivity index (χ3n) is 5.73. The first-order valence-electron chi connectivity index (χ1n) is 11.1. The Bertz CT molecular complexity index is 597. The highest BCUT2D eigenvalue weighted by atomic mass is 16.5. The fourth-order valence-electron chi connectivity index (χ4n) is 4.00. The topological polar surface area (TPSA) is 55.3 Å². The maximum atomic E-state index is 6.15. The van der Waals surface area contributed by atoms with E-state index in [0.29, 0.717) is 18.8 Å². The highest BCUT2D eigenvalue weighted by Crippen LogP contribution is 2.19. The second kappa shape index (κ2) is 12.2. The number of hydrogen-bond donors (Lipinski definition) is 1. The molecule has 6 heteroatoms. The maximum Gasteiger partial charge on any atom is 0.194 e. The molecular weight excluding hydrogens is 366 g/mol. The monoisotopic (exact) mass is 403 g/mol. The van der Waals surface area contributed by atoms with Crippen LogP contribution in [0.4, 0.5) is 0 Å². The quantitative estimate of drug-likeness (QED) is 0.533. The van der Waals surface area contributed by atoms with E-state index in [1.807, 2.05) is 18.2 Å². The zero-order valence-corrected chi connectivity index (χ0v) is 18.0. The van der Waals surface area contributed by atoms with Gasteiger partial charge in [-0.15, -0.1) is 0 Å².